The summed E-state index contributed by atoms with van der Waals surface area (Å²) in [7, 11) is 0. The third kappa shape index (κ3) is 3.50. The van der Waals surface area contributed by atoms with Crippen LogP contribution in [-0.4, -0.2) is 49.4 Å². The van der Waals surface area contributed by atoms with Gasteiger partial charge in [0.25, 0.3) is 0 Å². The zero-order valence-corrected chi connectivity index (χ0v) is 17.1. The highest BCUT2D eigenvalue weighted by molar-refractivity contribution is 5.75. The Hall–Kier alpha value is -3.46. The van der Waals surface area contributed by atoms with Crippen LogP contribution in [0.15, 0.2) is 36.8 Å². The molecule has 4 aromatic rings. The first-order chi connectivity index (χ1) is 15.3. The lowest BCUT2D eigenvalue weighted by Gasteiger charge is -2.23. The molecule has 158 valence electrons. The molecule has 0 aliphatic carbocycles. The number of aromatic nitrogens is 6. The Labute approximate surface area is 179 Å². The maximum absolute atomic E-state index is 5.77. The van der Waals surface area contributed by atoms with E-state index in [1.165, 1.54) is 12.8 Å². The van der Waals surface area contributed by atoms with Crippen LogP contribution < -0.4 is 15.4 Å². The van der Waals surface area contributed by atoms with Crippen LogP contribution in [0.5, 0.6) is 5.75 Å². The second kappa shape index (κ2) is 7.66. The number of nitrogens with one attached hydrogen (secondary N) is 3. The molecule has 6 heterocycles. The van der Waals surface area contributed by atoms with Crippen LogP contribution in [0.1, 0.15) is 18.5 Å². The molecule has 31 heavy (non-hydrogen) atoms. The predicted octanol–water partition coefficient (Wildman–Crippen LogP) is 2.89. The molecule has 0 atom stereocenters. The van der Waals surface area contributed by atoms with Gasteiger partial charge in [-0.3, -0.25) is 10.1 Å². The van der Waals surface area contributed by atoms with E-state index >= 15 is 0 Å². The summed E-state index contributed by atoms with van der Waals surface area (Å²) in [6.07, 6.45) is 8.89. The van der Waals surface area contributed by atoms with E-state index in [9.17, 15) is 0 Å². The van der Waals surface area contributed by atoms with Gasteiger partial charge in [-0.05, 0) is 44.0 Å². The summed E-state index contributed by atoms with van der Waals surface area (Å²) in [6.45, 7) is 3.83. The molecule has 0 amide bonds. The molecule has 3 N–H and O–H groups in total. The first-order valence-corrected chi connectivity index (χ1v) is 10.8. The standard InChI is InChI=1S/C22H24N8O/c1-6-23-7-2-14(1)13-30-9-4-17-22(30)27-20(12-25-17)26-19-11-18(28-29-19)15-3-8-24-16-5-10-31-21(15)16/h3-4,8-9,11-12,14,23H,1-2,5-7,10,13H2,(H2,26,27,28,29). The second-order valence-electron chi connectivity index (χ2n) is 8.15. The number of piperidine rings is 1. The number of aromatic amines is 1. The fourth-order valence-electron chi connectivity index (χ4n) is 4.45. The summed E-state index contributed by atoms with van der Waals surface area (Å²) < 4.78 is 7.99. The largest absolute Gasteiger partial charge is 0.491 e. The van der Waals surface area contributed by atoms with Gasteiger partial charge in [0.15, 0.2) is 17.3 Å². The van der Waals surface area contributed by atoms with Gasteiger partial charge in [-0.1, -0.05) is 0 Å². The second-order valence-corrected chi connectivity index (χ2v) is 8.15. The van der Waals surface area contributed by atoms with Crippen LogP contribution >= 0.6 is 0 Å². The van der Waals surface area contributed by atoms with Gasteiger partial charge >= 0.3 is 0 Å². The van der Waals surface area contributed by atoms with Crippen molar-refractivity contribution in [1.82, 2.24) is 35.0 Å². The average Bonchev–Trinajstić information content (AvgIpc) is 3.55. The molecule has 0 aromatic carbocycles. The molecule has 9 heteroatoms. The summed E-state index contributed by atoms with van der Waals surface area (Å²) >= 11 is 0. The smallest absolute Gasteiger partial charge is 0.161 e. The topological polar surface area (TPSA) is 106 Å². The first-order valence-electron chi connectivity index (χ1n) is 10.8. The van der Waals surface area contributed by atoms with Gasteiger partial charge in [-0.15, -0.1) is 0 Å². The van der Waals surface area contributed by atoms with E-state index in [0.29, 0.717) is 24.2 Å². The van der Waals surface area contributed by atoms with Gasteiger partial charge < -0.3 is 19.9 Å². The molecule has 0 bridgehead atoms. The summed E-state index contributed by atoms with van der Waals surface area (Å²) in [4.78, 5) is 13.8. The Morgan fingerprint density at radius 2 is 2.10 bits per heavy atom. The highest BCUT2D eigenvalue weighted by atomic mass is 16.5. The van der Waals surface area contributed by atoms with Crippen molar-refractivity contribution in [1.29, 1.82) is 0 Å². The number of anilines is 2. The van der Waals surface area contributed by atoms with Crippen molar-refractivity contribution in [3.8, 4) is 17.0 Å². The Kier molecular flexibility index (Phi) is 4.53. The summed E-state index contributed by atoms with van der Waals surface area (Å²) in [6, 6.07) is 5.93. The molecule has 0 radical (unpaired) electrons. The van der Waals surface area contributed by atoms with E-state index in [2.05, 4.69) is 41.6 Å². The fraction of sp³-hybridized carbons (Fsp3) is 0.364. The number of nitrogens with zero attached hydrogens (tertiary/aromatic N) is 5. The number of ether oxygens (including phenoxy) is 1. The summed E-state index contributed by atoms with van der Waals surface area (Å²) in [5.41, 5.74) is 4.66. The molecule has 1 saturated heterocycles. The molecular formula is C22H24N8O. The van der Waals surface area contributed by atoms with E-state index in [4.69, 9.17) is 9.72 Å². The highest BCUT2D eigenvalue weighted by Gasteiger charge is 2.20. The number of hydrogen-bond acceptors (Lipinski definition) is 7. The van der Waals surface area contributed by atoms with Crippen molar-refractivity contribution in [2.75, 3.05) is 25.0 Å². The molecule has 0 spiro atoms. The lowest BCUT2D eigenvalue weighted by Crippen LogP contribution is -2.29. The molecule has 2 aliphatic heterocycles. The van der Waals surface area contributed by atoms with Crippen molar-refractivity contribution >= 4 is 22.8 Å². The van der Waals surface area contributed by atoms with Crippen LogP contribution in [0, 0.1) is 5.92 Å². The molecule has 0 unspecified atom stereocenters. The molecule has 6 rings (SSSR count). The Balaban J connectivity index is 1.24. The van der Waals surface area contributed by atoms with Crippen LogP contribution in [0.25, 0.3) is 22.4 Å². The van der Waals surface area contributed by atoms with Crippen LogP contribution in [0.4, 0.5) is 11.6 Å². The molecule has 4 aromatic heterocycles. The van der Waals surface area contributed by atoms with Gasteiger partial charge in [0.2, 0.25) is 0 Å². The first kappa shape index (κ1) is 18.3. The fourth-order valence-corrected chi connectivity index (χ4v) is 4.45. The zero-order valence-electron chi connectivity index (χ0n) is 17.1. The van der Waals surface area contributed by atoms with Crippen molar-refractivity contribution < 1.29 is 4.74 Å². The van der Waals surface area contributed by atoms with Crippen molar-refractivity contribution in [2.45, 2.75) is 25.8 Å². The third-order valence-corrected chi connectivity index (χ3v) is 6.07. The minimum atomic E-state index is 0.672. The van der Waals surface area contributed by atoms with E-state index in [1.807, 2.05) is 24.4 Å². The third-order valence-electron chi connectivity index (χ3n) is 6.07. The lowest BCUT2D eigenvalue weighted by molar-refractivity contribution is 0.336. The minimum absolute atomic E-state index is 0.672. The summed E-state index contributed by atoms with van der Waals surface area (Å²) in [5.74, 6) is 2.87. The van der Waals surface area contributed by atoms with Gasteiger partial charge in [-0.2, -0.15) is 5.10 Å². The normalized spacial score (nSPS) is 16.4. The monoisotopic (exact) mass is 416 g/mol. The zero-order chi connectivity index (χ0) is 20.6. The molecule has 2 aliphatic rings. The number of H-pyrrole nitrogens is 1. The van der Waals surface area contributed by atoms with E-state index in [1.54, 1.807) is 6.20 Å². The molecule has 9 nitrogen and oxygen atoms in total. The highest BCUT2D eigenvalue weighted by Crippen LogP contribution is 2.35. The molecule has 0 saturated carbocycles. The number of pyridine rings is 1. The minimum Gasteiger partial charge on any atom is -0.491 e. The lowest BCUT2D eigenvalue weighted by atomic mass is 9.98. The van der Waals surface area contributed by atoms with Crippen LogP contribution in [-0.2, 0) is 13.0 Å². The summed E-state index contributed by atoms with van der Waals surface area (Å²) in [5, 5.41) is 14.2. The van der Waals surface area contributed by atoms with Crippen molar-refractivity contribution in [3.63, 3.8) is 0 Å². The van der Waals surface area contributed by atoms with Crippen molar-refractivity contribution in [3.05, 3.63) is 42.5 Å². The number of rotatable bonds is 5. The van der Waals surface area contributed by atoms with Gasteiger partial charge in [-0.25, -0.2) is 9.97 Å². The number of hydrogen-bond donors (Lipinski definition) is 3. The Morgan fingerprint density at radius 1 is 1.16 bits per heavy atom. The Morgan fingerprint density at radius 3 is 3.03 bits per heavy atom. The van der Waals surface area contributed by atoms with E-state index < -0.39 is 0 Å². The quantitative estimate of drug-likeness (QED) is 0.459. The maximum atomic E-state index is 5.77. The van der Waals surface area contributed by atoms with Crippen LogP contribution in [0.2, 0.25) is 0 Å². The average molecular weight is 416 g/mol. The molecular weight excluding hydrogens is 392 g/mol. The van der Waals surface area contributed by atoms with Gasteiger partial charge in [0.05, 0.1) is 24.2 Å². The van der Waals surface area contributed by atoms with E-state index in [-0.39, 0.29) is 0 Å². The number of fused-ring (bicyclic) bond motifs is 2. The van der Waals surface area contributed by atoms with Crippen molar-refractivity contribution in [2.24, 2.45) is 5.92 Å². The SMILES string of the molecule is c1cc(-c2cc(Nc3cnc4ccn(CC5CCNCC5)c4n3)n[nH]2)c2c(n1)CCO2. The Bertz CT molecular complexity index is 1220. The van der Waals surface area contributed by atoms with Gasteiger partial charge in [0.1, 0.15) is 11.3 Å². The van der Waals surface area contributed by atoms with E-state index in [0.717, 1.165) is 59.9 Å². The predicted molar refractivity (Wildman–Crippen MR) is 117 cm³/mol. The van der Waals surface area contributed by atoms with Gasteiger partial charge in [0, 0.05) is 37.0 Å². The molecule has 1 fully saturated rings. The van der Waals surface area contributed by atoms with Crippen LogP contribution in [0.3, 0.4) is 0 Å². The maximum Gasteiger partial charge on any atom is 0.161 e.